The third-order valence-electron chi connectivity index (χ3n) is 4.77. The van der Waals surface area contributed by atoms with E-state index in [2.05, 4.69) is 10.3 Å². The zero-order valence-electron chi connectivity index (χ0n) is 17.2. The van der Waals surface area contributed by atoms with E-state index >= 15 is 0 Å². The average molecular weight is 530 g/mol. The van der Waals surface area contributed by atoms with Gasteiger partial charge >= 0.3 is 6.18 Å². The Bertz CT molecular complexity index is 653. The molecule has 1 fully saturated rings. The van der Waals surface area contributed by atoms with Gasteiger partial charge in [-0.3, -0.25) is 9.89 Å². The van der Waals surface area contributed by atoms with Crippen LogP contribution >= 0.6 is 24.0 Å². The Morgan fingerprint density at radius 3 is 2.34 bits per heavy atom. The van der Waals surface area contributed by atoms with E-state index in [1.54, 1.807) is 14.2 Å². The van der Waals surface area contributed by atoms with Gasteiger partial charge in [-0.1, -0.05) is 6.07 Å². The standard InChI is InChI=1S/C19H29F3N4O2.HI/c1-14(28-17-7-5-6-16(12-17)27-4)13-24-18(23-3)26-10-8-25(9-11-26)15(2)19(20,21)22;/h5-7,12,14-15H,8-11,13H2,1-4H3,(H,23,24);1H. The highest BCUT2D eigenvalue weighted by atomic mass is 127. The Morgan fingerprint density at radius 2 is 1.79 bits per heavy atom. The molecule has 29 heavy (non-hydrogen) atoms. The highest BCUT2D eigenvalue weighted by Crippen LogP contribution is 2.25. The fraction of sp³-hybridized carbons (Fsp3) is 0.632. The molecular weight excluding hydrogens is 500 g/mol. The molecule has 1 aromatic rings. The minimum absolute atomic E-state index is 0. The highest BCUT2D eigenvalue weighted by Gasteiger charge is 2.41. The second-order valence-corrected chi connectivity index (χ2v) is 6.78. The van der Waals surface area contributed by atoms with Crippen LogP contribution in [0.4, 0.5) is 13.2 Å². The van der Waals surface area contributed by atoms with Crippen LogP contribution in [0, 0.1) is 0 Å². The number of hydrogen-bond donors (Lipinski definition) is 1. The van der Waals surface area contributed by atoms with Gasteiger partial charge in [0.05, 0.1) is 13.7 Å². The SMILES string of the molecule is CN=C(NCC(C)Oc1cccc(OC)c1)N1CCN(C(C)C(F)(F)F)CC1.I. The van der Waals surface area contributed by atoms with Gasteiger partial charge in [-0.25, -0.2) is 0 Å². The maximum Gasteiger partial charge on any atom is 0.403 e. The molecule has 2 atom stereocenters. The smallest absolute Gasteiger partial charge is 0.403 e. The van der Waals surface area contributed by atoms with Crippen molar-refractivity contribution in [1.29, 1.82) is 0 Å². The number of ether oxygens (including phenoxy) is 2. The largest absolute Gasteiger partial charge is 0.497 e. The van der Waals surface area contributed by atoms with Crippen molar-refractivity contribution in [3.8, 4) is 11.5 Å². The van der Waals surface area contributed by atoms with Crippen LogP contribution in [0.2, 0.25) is 0 Å². The molecular formula is C19H30F3IN4O2. The van der Waals surface area contributed by atoms with Crippen molar-refractivity contribution in [3.63, 3.8) is 0 Å². The third-order valence-corrected chi connectivity index (χ3v) is 4.77. The molecule has 10 heteroatoms. The average Bonchev–Trinajstić information content (AvgIpc) is 2.67. The molecule has 0 bridgehead atoms. The zero-order chi connectivity index (χ0) is 20.7. The summed E-state index contributed by atoms with van der Waals surface area (Å²) in [6, 6.07) is 5.94. The highest BCUT2D eigenvalue weighted by molar-refractivity contribution is 14.0. The molecule has 0 amide bonds. The first kappa shape index (κ1) is 25.6. The summed E-state index contributed by atoms with van der Waals surface area (Å²) in [5, 5.41) is 3.24. The van der Waals surface area contributed by atoms with Gasteiger partial charge in [0.15, 0.2) is 5.96 Å². The maximum absolute atomic E-state index is 12.9. The van der Waals surface area contributed by atoms with Crippen LogP contribution in [0.3, 0.4) is 0 Å². The van der Waals surface area contributed by atoms with Gasteiger partial charge in [0.2, 0.25) is 0 Å². The van der Waals surface area contributed by atoms with Gasteiger partial charge in [0.1, 0.15) is 23.6 Å². The van der Waals surface area contributed by atoms with E-state index in [4.69, 9.17) is 9.47 Å². The maximum atomic E-state index is 12.9. The van der Waals surface area contributed by atoms with Crippen molar-refractivity contribution in [2.24, 2.45) is 4.99 Å². The van der Waals surface area contributed by atoms with Crippen molar-refractivity contribution in [2.75, 3.05) is 46.9 Å². The summed E-state index contributed by atoms with van der Waals surface area (Å²) in [6.45, 7) is 5.33. The molecule has 0 radical (unpaired) electrons. The van der Waals surface area contributed by atoms with Crippen LogP contribution in [0.5, 0.6) is 11.5 Å². The van der Waals surface area contributed by atoms with Crippen LogP contribution in [-0.4, -0.2) is 81.0 Å². The lowest BCUT2D eigenvalue weighted by Gasteiger charge is -2.39. The fourth-order valence-electron chi connectivity index (χ4n) is 3.04. The molecule has 0 spiro atoms. The Morgan fingerprint density at radius 1 is 1.17 bits per heavy atom. The predicted molar refractivity (Wildman–Crippen MR) is 119 cm³/mol. The number of methoxy groups -OCH3 is 1. The Kier molecular flexibility index (Phi) is 10.3. The molecule has 0 aromatic heterocycles. The topological polar surface area (TPSA) is 49.3 Å². The molecule has 1 N–H and O–H groups in total. The van der Waals surface area contributed by atoms with Crippen molar-refractivity contribution >= 4 is 29.9 Å². The first-order chi connectivity index (χ1) is 13.2. The first-order valence-electron chi connectivity index (χ1n) is 9.31. The lowest BCUT2D eigenvalue weighted by Crippen LogP contribution is -2.57. The summed E-state index contributed by atoms with van der Waals surface area (Å²) in [5.74, 6) is 2.10. The van der Waals surface area contributed by atoms with Gasteiger partial charge in [-0.15, -0.1) is 24.0 Å². The lowest BCUT2D eigenvalue weighted by molar-refractivity contribution is -0.181. The monoisotopic (exact) mass is 530 g/mol. The minimum atomic E-state index is -4.20. The van der Waals surface area contributed by atoms with Crippen LogP contribution in [-0.2, 0) is 0 Å². The van der Waals surface area contributed by atoms with Gasteiger partial charge in [0.25, 0.3) is 0 Å². The van der Waals surface area contributed by atoms with Crippen LogP contribution in [0.1, 0.15) is 13.8 Å². The molecule has 1 aromatic carbocycles. The summed E-state index contributed by atoms with van der Waals surface area (Å²) < 4.78 is 49.7. The summed E-state index contributed by atoms with van der Waals surface area (Å²) in [6.07, 6.45) is -4.33. The molecule has 1 aliphatic heterocycles. The number of guanidine groups is 1. The molecule has 0 saturated carbocycles. The quantitative estimate of drug-likeness (QED) is 0.348. The Labute approximate surface area is 187 Å². The minimum Gasteiger partial charge on any atom is -0.497 e. The number of nitrogens with zero attached hydrogens (tertiary/aromatic N) is 3. The van der Waals surface area contributed by atoms with Crippen molar-refractivity contribution in [3.05, 3.63) is 24.3 Å². The van der Waals surface area contributed by atoms with E-state index in [1.165, 1.54) is 11.8 Å². The number of alkyl halides is 3. The molecule has 2 unspecified atom stereocenters. The van der Waals surface area contributed by atoms with Crippen LogP contribution in [0.15, 0.2) is 29.3 Å². The number of piperazine rings is 1. The lowest BCUT2D eigenvalue weighted by atomic mass is 10.2. The molecule has 1 aliphatic rings. The number of nitrogens with one attached hydrogen (secondary N) is 1. The Hall–Kier alpha value is -1.43. The molecule has 1 heterocycles. The third kappa shape index (κ3) is 7.72. The Balaban J connectivity index is 0.00000420. The van der Waals surface area contributed by atoms with E-state index in [0.29, 0.717) is 44.4 Å². The van der Waals surface area contributed by atoms with E-state index < -0.39 is 12.2 Å². The van der Waals surface area contributed by atoms with E-state index in [1.807, 2.05) is 36.1 Å². The number of hydrogen-bond acceptors (Lipinski definition) is 4. The number of rotatable bonds is 6. The molecule has 2 rings (SSSR count). The molecule has 1 saturated heterocycles. The van der Waals surface area contributed by atoms with Gasteiger partial charge in [0, 0.05) is 39.3 Å². The van der Waals surface area contributed by atoms with Gasteiger partial charge < -0.3 is 19.7 Å². The molecule has 0 aliphatic carbocycles. The van der Waals surface area contributed by atoms with Crippen molar-refractivity contribution < 1.29 is 22.6 Å². The summed E-state index contributed by atoms with van der Waals surface area (Å²) >= 11 is 0. The predicted octanol–water partition coefficient (Wildman–Crippen LogP) is 3.22. The first-order valence-corrected chi connectivity index (χ1v) is 9.31. The van der Waals surface area contributed by atoms with Crippen molar-refractivity contribution in [1.82, 2.24) is 15.1 Å². The zero-order valence-corrected chi connectivity index (χ0v) is 19.5. The number of aliphatic imine (C=N–C) groups is 1. The van der Waals surface area contributed by atoms with Gasteiger partial charge in [-0.2, -0.15) is 13.2 Å². The van der Waals surface area contributed by atoms with Crippen LogP contribution < -0.4 is 14.8 Å². The second kappa shape index (κ2) is 11.7. The van der Waals surface area contributed by atoms with E-state index in [0.717, 1.165) is 5.75 Å². The molecule has 166 valence electrons. The summed E-state index contributed by atoms with van der Waals surface area (Å²) in [4.78, 5) is 7.68. The van der Waals surface area contributed by atoms with E-state index in [-0.39, 0.29) is 30.1 Å². The molecule has 6 nitrogen and oxygen atoms in total. The summed E-state index contributed by atoms with van der Waals surface area (Å²) in [5.41, 5.74) is 0. The summed E-state index contributed by atoms with van der Waals surface area (Å²) in [7, 11) is 3.27. The number of benzene rings is 1. The normalized spacial score (nSPS) is 17.9. The fourth-order valence-corrected chi connectivity index (χ4v) is 3.04. The van der Waals surface area contributed by atoms with Crippen molar-refractivity contribution in [2.45, 2.75) is 32.2 Å². The van der Waals surface area contributed by atoms with Crippen LogP contribution in [0.25, 0.3) is 0 Å². The number of halogens is 4. The second-order valence-electron chi connectivity index (χ2n) is 6.78. The van der Waals surface area contributed by atoms with Gasteiger partial charge in [-0.05, 0) is 26.0 Å². The van der Waals surface area contributed by atoms with E-state index in [9.17, 15) is 13.2 Å².